The number of non-ortho nitro benzene ring substituents is 1. The minimum Gasteiger partial charge on any atom is -0.436 e. The lowest BCUT2D eigenvalue weighted by atomic mass is 10.0. The SMILES string of the molecule is CC(C)c1ccc2oc(-c3cccc(NC(=O)/C=C/c4cccc([N+](=O)[O-])c4)c3)nc2c1. The first-order chi connectivity index (χ1) is 15.4. The van der Waals surface area contributed by atoms with Gasteiger partial charge in [0.05, 0.1) is 4.92 Å². The topological polar surface area (TPSA) is 98.3 Å². The predicted molar refractivity (Wildman–Crippen MR) is 124 cm³/mol. The molecular formula is C25H21N3O4. The Bertz CT molecular complexity index is 1340. The van der Waals surface area contributed by atoms with Crippen molar-refractivity contribution in [1.29, 1.82) is 0 Å². The average Bonchev–Trinajstić information content (AvgIpc) is 3.21. The molecule has 0 aliphatic heterocycles. The zero-order valence-electron chi connectivity index (χ0n) is 17.6. The number of benzene rings is 3. The number of rotatable bonds is 6. The molecule has 7 heteroatoms. The fraction of sp³-hybridized carbons (Fsp3) is 0.120. The van der Waals surface area contributed by atoms with Crippen LogP contribution in [0.3, 0.4) is 0 Å². The molecule has 7 nitrogen and oxygen atoms in total. The highest BCUT2D eigenvalue weighted by molar-refractivity contribution is 6.02. The van der Waals surface area contributed by atoms with E-state index in [0.29, 0.717) is 28.6 Å². The zero-order valence-corrected chi connectivity index (χ0v) is 17.6. The van der Waals surface area contributed by atoms with E-state index in [0.717, 1.165) is 11.1 Å². The molecule has 4 aromatic rings. The molecule has 0 saturated heterocycles. The first-order valence-corrected chi connectivity index (χ1v) is 10.1. The Labute approximate surface area is 184 Å². The van der Waals surface area contributed by atoms with Crippen LogP contribution in [0.5, 0.6) is 0 Å². The molecule has 0 aliphatic rings. The minimum atomic E-state index is -0.474. The van der Waals surface area contributed by atoms with E-state index in [4.69, 9.17) is 4.42 Å². The Morgan fingerprint density at radius 1 is 1.09 bits per heavy atom. The molecule has 0 saturated carbocycles. The van der Waals surface area contributed by atoms with E-state index < -0.39 is 4.92 Å². The third kappa shape index (κ3) is 4.73. The minimum absolute atomic E-state index is 0.0286. The number of nitro benzene ring substituents is 1. The van der Waals surface area contributed by atoms with E-state index in [-0.39, 0.29) is 11.6 Å². The molecule has 0 fully saturated rings. The van der Waals surface area contributed by atoms with Crippen molar-refractivity contribution in [3.63, 3.8) is 0 Å². The number of nitrogens with one attached hydrogen (secondary N) is 1. The van der Waals surface area contributed by atoms with Crippen LogP contribution in [-0.4, -0.2) is 15.8 Å². The number of hydrogen-bond donors (Lipinski definition) is 1. The lowest BCUT2D eigenvalue weighted by molar-refractivity contribution is -0.384. The van der Waals surface area contributed by atoms with Gasteiger partial charge in [-0.2, -0.15) is 0 Å². The molecule has 160 valence electrons. The van der Waals surface area contributed by atoms with Crippen molar-refractivity contribution in [2.45, 2.75) is 19.8 Å². The number of oxazole rings is 1. The summed E-state index contributed by atoms with van der Waals surface area (Å²) in [6, 6.07) is 19.3. The second-order valence-corrected chi connectivity index (χ2v) is 7.66. The van der Waals surface area contributed by atoms with Crippen molar-refractivity contribution in [3.05, 3.63) is 94.0 Å². The number of nitrogens with zero attached hydrogens (tertiary/aromatic N) is 2. The molecular weight excluding hydrogens is 406 g/mol. The predicted octanol–water partition coefficient (Wildman–Crippen LogP) is 6.18. The van der Waals surface area contributed by atoms with Gasteiger partial charge in [-0.25, -0.2) is 4.98 Å². The van der Waals surface area contributed by atoms with Gasteiger partial charge in [0.1, 0.15) is 5.52 Å². The maximum atomic E-state index is 12.3. The smallest absolute Gasteiger partial charge is 0.270 e. The van der Waals surface area contributed by atoms with Crippen molar-refractivity contribution < 1.29 is 14.1 Å². The number of carbonyl (C=O) groups excluding carboxylic acids is 1. The number of carbonyl (C=O) groups is 1. The van der Waals surface area contributed by atoms with Gasteiger partial charge in [0.15, 0.2) is 5.58 Å². The third-order valence-corrected chi connectivity index (χ3v) is 4.96. The summed E-state index contributed by atoms with van der Waals surface area (Å²) in [4.78, 5) is 27.3. The van der Waals surface area contributed by atoms with Crippen molar-refractivity contribution in [3.8, 4) is 11.5 Å². The van der Waals surface area contributed by atoms with Crippen LogP contribution < -0.4 is 5.32 Å². The van der Waals surface area contributed by atoms with Crippen molar-refractivity contribution >= 4 is 34.5 Å². The monoisotopic (exact) mass is 427 g/mol. The molecule has 0 atom stereocenters. The van der Waals surface area contributed by atoms with Crippen molar-refractivity contribution in [2.24, 2.45) is 0 Å². The van der Waals surface area contributed by atoms with E-state index in [2.05, 4.69) is 24.1 Å². The fourth-order valence-electron chi connectivity index (χ4n) is 3.25. The average molecular weight is 427 g/mol. The number of hydrogen-bond acceptors (Lipinski definition) is 5. The molecule has 4 rings (SSSR count). The van der Waals surface area contributed by atoms with Gasteiger partial charge in [-0.1, -0.05) is 38.1 Å². The zero-order chi connectivity index (χ0) is 22.7. The van der Waals surface area contributed by atoms with Crippen molar-refractivity contribution in [2.75, 3.05) is 5.32 Å². The van der Waals surface area contributed by atoms with Gasteiger partial charge in [0.2, 0.25) is 11.8 Å². The highest BCUT2D eigenvalue weighted by Gasteiger charge is 2.11. The number of fused-ring (bicyclic) bond motifs is 1. The molecule has 0 radical (unpaired) electrons. The maximum absolute atomic E-state index is 12.3. The highest BCUT2D eigenvalue weighted by atomic mass is 16.6. The molecule has 1 amide bonds. The van der Waals surface area contributed by atoms with E-state index in [1.807, 2.05) is 30.3 Å². The Hall–Kier alpha value is -4.26. The quantitative estimate of drug-likeness (QED) is 0.225. The van der Waals surface area contributed by atoms with E-state index in [1.165, 1.54) is 29.8 Å². The van der Waals surface area contributed by atoms with Gasteiger partial charge in [-0.3, -0.25) is 14.9 Å². The molecule has 1 heterocycles. The molecule has 3 aromatic carbocycles. The Kier molecular flexibility index (Phi) is 5.81. The molecule has 1 N–H and O–H groups in total. The number of amides is 1. The van der Waals surface area contributed by atoms with Gasteiger partial charge in [-0.15, -0.1) is 0 Å². The van der Waals surface area contributed by atoms with Crippen LogP contribution in [0.1, 0.15) is 30.9 Å². The van der Waals surface area contributed by atoms with Crippen LogP contribution in [0.2, 0.25) is 0 Å². The van der Waals surface area contributed by atoms with Gasteiger partial charge >= 0.3 is 0 Å². The van der Waals surface area contributed by atoms with Gasteiger partial charge in [0, 0.05) is 29.5 Å². The Balaban J connectivity index is 1.50. The van der Waals surface area contributed by atoms with Crippen molar-refractivity contribution in [1.82, 2.24) is 4.98 Å². The summed E-state index contributed by atoms with van der Waals surface area (Å²) in [6.07, 6.45) is 2.86. The Morgan fingerprint density at radius 2 is 1.91 bits per heavy atom. The number of aromatic nitrogens is 1. The second kappa shape index (κ2) is 8.85. The van der Waals surface area contributed by atoms with Crippen LogP contribution in [0, 0.1) is 10.1 Å². The number of anilines is 1. The van der Waals surface area contributed by atoms with Crippen LogP contribution in [0.25, 0.3) is 28.6 Å². The fourth-order valence-corrected chi connectivity index (χ4v) is 3.25. The molecule has 0 spiro atoms. The summed E-state index contributed by atoms with van der Waals surface area (Å²) in [5, 5.41) is 13.7. The summed E-state index contributed by atoms with van der Waals surface area (Å²) in [6.45, 7) is 4.25. The van der Waals surface area contributed by atoms with Gasteiger partial charge < -0.3 is 9.73 Å². The van der Waals surface area contributed by atoms with E-state index >= 15 is 0 Å². The van der Waals surface area contributed by atoms with Crippen LogP contribution in [0.15, 0.2) is 77.2 Å². The first-order valence-electron chi connectivity index (χ1n) is 10.1. The van der Waals surface area contributed by atoms with E-state index in [9.17, 15) is 14.9 Å². The number of nitro groups is 1. The van der Waals surface area contributed by atoms with Gasteiger partial charge in [-0.05, 0) is 53.5 Å². The molecule has 0 bridgehead atoms. The maximum Gasteiger partial charge on any atom is 0.270 e. The summed E-state index contributed by atoms with van der Waals surface area (Å²) in [5.41, 5.74) is 4.55. The molecule has 32 heavy (non-hydrogen) atoms. The second-order valence-electron chi connectivity index (χ2n) is 7.66. The summed E-state index contributed by atoms with van der Waals surface area (Å²) < 4.78 is 5.89. The molecule has 0 unspecified atom stereocenters. The van der Waals surface area contributed by atoms with Crippen LogP contribution in [0.4, 0.5) is 11.4 Å². The molecule has 0 aliphatic carbocycles. The highest BCUT2D eigenvalue weighted by Crippen LogP contribution is 2.28. The lowest BCUT2D eigenvalue weighted by Gasteiger charge is -2.03. The summed E-state index contributed by atoms with van der Waals surface area (Å²) >= 11 is 0. The third-order valence-electron chi connectivity index (χ3n) is 4.96. The summed E-state index contributed by atoms with van der Waals surface area (Å²) in [5.74, 6) is 0.519. The molecule has 1 aromatic heterocycles. The largest absolute Gasteiger partial charge is 0.436 e. The van der Waals surface area contributed by atoms with Crippen LogP contribution in [-0.2, 0) is 4.79 Å². The standard InChI is InChI=1S/C25H21N3O4/c1-16(2)18-10-11-23-22(15-18)27-25(32-23)19-6-4-7-20(14-19)26-24(29)12-9-17-5-3-8-21(13-17)28(30)31/h3-16H,1-2H3,(H,26,29)/b12-9+. The normalized spacial score (nSPS) is 11.3. The summed E-state index contributed by atoms with van der Waals surface area (Å²) in [7, 11) is 0. The Morgan fingerprint density at radius 3 is 2.69 bits per heavy atom. The van der Waals surface area contributed by atoms with Gasteiger partial charge in [0.25, 0.3) is 5.69 Å². The van der Waals surface area contributed by atoms with Crippen LogP contribution >= 0.6 is 0 Å². The lowest BCUT2D eigenvalue weighted by Crippen LogP contribution is -2.07. The van der Waals surface area contributed by atoms with E-state index in [1.54, 1.807) is 24.3 Å². The first kappa shape index (κ1) is 21.0.